The first kappa shape index (κ1) is 14.2. The lowest BCUT2D eigenvalue weighted by atomic mass is 10.1. The van der Waals surface area contributed by atoms with Crippen LogP contribution in [0, 0.1) is 6.92 Å². The summed E-state index contributed by atoms with van der Waals surface area (Å²) in [6, 6.07) is 5.99. The van der Waals surface area contributed by atoms with Gasteiger partial charge in [0.1, 0.15) is 6.10 Å². The zero-order valence-electron chi connectivity index (χ0n) is 12.0. The maximum absolute atomic E-state index is 12.4. The lowest BCUT2D eigenvalue weighted by Gasteiger charge is -2.33. The predicted molar refractivity (Wildman–Crippen MR) is 82.3 cm³/mol. The molecule has 21 heavy (non-hydrogen) atoms. The van der Waals surface area contributed by atoms with Crippen molar-refractivity contribution < 1.29 is 9.53 Å². The number of pyridine rings is 1. The molecule has 0 N–H and O–H groups in total. The number of amides is 1. The maximum Gasteiger partial charge on any atom is 0.227 e. The molecule has 1 fully saturated rings. The Morgan fingerprint density at radius 1 is 1.52 bits per heavy atom. The van der Waals surface area contributed by atoms with Crippen LogP contribution >= 0.6 is 11.3 Å². The summed E-state index contributed by atoms with van der Waals surface area (Å²) >= 11 is 1.62. The van der Waals surface area contributed by atoms with Crippen molar-refractivity contribution in [2.45, 2.75) is 19.4 Å². The number of aryl methyl sites for hydroxylation is 1. The minimum atomic E-state index is -0.0492. The number of carbonyl (C=O) groups excluding carboxylic acids is 1. The number of hydrogen-bond acceptors (Lipinski definition) is 4. The van der Waals surface area contributed by atoms with E-state index >= 15 is 0 Å². The van der Waals surface area contributed by atoms with E-state index in [4.69, 9.17) is 4.74 Å². The molecule has 1 amide bonds. The van der Waals surface area contributed by atoms with Crippen molar-refractivity contribution in [2.24, 2.45) is 0 Å². The molecule has 110 valence electrons. The molecule has 2 aromatic rings. The molecule has 0 spiro atoms. The summed E-state index contributed by atoms with van der Waals surface area (Å²) in [5.74, 6) is 0.174. The highest BCUT2D eigenvalue weighted by molar-refractivity contribution is 7.07. The van der Waals surface area contributed by atoms with Crippen LogP contribution in [0.15, 0.2) is 35.2 Å². The molecule has 1 aliphatic heterocycles. The highest BCUT2D eigenvalue weighted by atomic mass is 32.1. The molecule has 0 unspecified atom stereocenters. The van der Waals surface area contributed by atoms with Gasteiger partial charge in [-0.05, 0) is 47.0 Å². The summed E-state index contributed by atoms with van der Waals surface area (Å²) in [5.41, 5.74) is 3.15. The summed E-state index contributed by atoms with van der Waals surface area (Å²) in [5, 5.41) is 4.03. The maximum atomic E-state index is 12.4. The Kier molecular flexibility index (Phi) is 4.31. The van der Waals surface area contributed by atoms with Crippen molar-refractivity contribution in [3.8, 4) is 0 Å². The smallest absolute Gasteiger partial charge is 0.227 e. The Morgan fingerprint density at radius 2 is 2.43 bits per heavy atom. The van der Waals surface area contributed by atoms with E-state index in [0.29, 0.717) is 26.1 Å². The van der Waals surface area contributed by atoms with Gasteiger partial charge in [0.2, 0.25) is 5.91 Å². The van der Waals surface area contributed by atoms with Gasteiger partial charge >= 0.3 is 0 Å². The van der Waals surface area contributed by atoms with Crippen LogP contribution in [0.2, 0.25) is 0 Å². The molecule has 2 aromatic heterocycles. The van der Waals surface area contributed by atoms with Crippen LogP contribution in [0.3, 0.4) is 0 Å². The Balaban J connectivity index is 1.66. The Bertz CT molecular complexity index is 612. The van der Waals surface area contributed by atoms with E-state index < -0.39 is 0 Å². The average molecular weight is 302 g/mol. The second-order valence-corrected chi connectivity index (χ2v) is 6.02. The Hall–Kier alpha value is -1.72. The molecular weight excluding hydrogens is 284 g/mol. The number of ether oxygens (including phenoxy) is 1. The van der Waals surface area contributed by atoms with E-state index in [1.54, 1.807) is 17.5 Å². The van der Waals surface area contributed by atoms with Gasteiger partial charge in [-0.1, -0.05) is 0 Å². The summed E-state index contributed by atoms with van der Waals surface area (Å²) in [6.07, 6.45) is 2.22. The standard InChI is InChI=1S/C16H18N2O2S/c1-12-8-14(2-4-17-12)15-10-18(5-6-20-15)16(19)9-13-3-7-21-11-13/h2-4,7-8,11,15H,5-6,9-10H2,1H3/t15-/m0/s1. The van der Waals surface area contributed by atoms with Crippen molar-refractivity contribution in [1.29, 1.82) is 0 Å². The van der Waals surface area contributed by atoms with Crippen LogP contribution in [0.4, 0.5) is 0 Å². The van der Waals surface area contributed by atoms with Crippen LogP contribution < -0.4 is 0 Å². The summed E-state index contributed by atoms with van der Waals surface area (Å²) < 4.78 is 5.82. The Labute approximate surface area is 128 Å². The fourth-order valence-corrected chi connectivity index (χ4v) is 3.19. The largest absolute Gasteiger partial charge is 0.370 e. The van der Waals surface area contributed by atoms with E-state index in [9.17, 15) is 4.79 Å². The molecule has 3 heterocycles. The van der Waals surface area contributed by atoms with Crippen LogP contribution in [-0.4, -0.2) is 35.5 Å². The van der Waals surface area contributed by atoms with Gasteiger partial charge in [-0.2, -0.15) is 11.3 Å². The average Bonchev–Trinajstić information content (AvgIpc) is 3.00. The molecule has 0 aliphatic carbocycles. The normalized spacial score (nSPS) is 18.7. The monoisotopic (exact) mass is 302 g/mol. The number of carbonyl (C=O) groups is 1. The third kappa shape index (κ3) is 3.49. The number of rotatable bonds is 3. The molecular formula is C16H18N2O2S. The fraction of sp³-hybridized carbons (Fsp3) is 0.375. The van der Waals surface area contributed by atoms with E-state index in [1.165, 1.54) is 0 Å². The van der Waals surface area contributed by atoms with Crippen molar-refractivity contribution >= 4 is 17.2 Å². The third-order valence-electron chi connectivity index (χ3n) is 3.65. The van der Waals surface area contributed by atoms with Crippen LogP contribution in [0.1, 0.15) is 22.9 Å². The van der Waals surface area contributed by atoms with E-state index in [2.05, 4.69) is 4.98 Å². The predicted octanol–water partition coefficient (Wildman–Crippen LogP) is 2.59. The van der Waals surface area contributed by atoms with Gasteiger partial charge in [0, 0.05) is 18.4 Å². The second kappa shape index (κ2) is 6.37. The number of morpholine rings is 1. The van der Waals surface area contributed by atoms with Gasteiger partial charge in [-0.25, -0.2) is 0 Å². The molecule has 3 rings (SSSR count). The van der Waals surface area contributed by atoms with Gasteiger partial charge in [-0.15, -0.1) is 0 Å². The first-order chi connectivity index (χ1) is 10.2. The van der Waals surface area contributed by atoms with Gasteiger partial charge < -0.3 is 9.64 Å². The van der Waals surface area contributed by atoms with Gasteiger partial charge in [0.15, 0.2) is 0 Å². The molecule has 1 saturated heterocycles. The second-order valence-electron chi connectivity index (χ2n) is 5.24. The summed E-state index contributed by atoms with van der Waals surface area (Å²) in [7, 11) is 0. The Morgan fingerprint density at radius 3 is 3.19 bits per heavy atom. The van der Waals surface area contributed by atoms with E-state index in [0.717, 1.165) is 16.8 Å². The topological polar surface area (TPSA) is 42.4 Å². The zero-order chi connectivity index (χ0) is 14.7. The lowest BCUT2D eigenvalue weighted by molar-refractivity contribution is -0.138. The number of nitrogens with zero attached hydrogens (tertiary/aromatic N) is 2. The van der Waals surface area contributed by atoms with Gasteiger partial charge in [-0.3, -0.25) is 9.78 Å². The van der Waals surface area contributed by atoms with Gasteiger partial charge in [0.25, 0.3) is 0 Å². The molecule has 0 saturated carbocycles. The molecule has 0 radical (unpaired) electrons. The fourth-order valence-electron chi connectivity index (χ4n) is 2.52. The van der Waals surface area contributed by atoms with Crippen LogP contribution in [-0.2, 0) is 16.0 Å². The molecule has 1 atom stereocenters. The number of aromatic nitrogens is 1. The molecule has 0 aromatic carbocycles. The van der Waals surface area contributed by atoms with Crippen LogP contribution in [0.5, 0.6) is 0 Å². The summed E-state index contributed by atoms with van der Waals surface area (Å²) in [6.45, 7) is 3.84. The van der Waals surface area contributed by atoms with Crippen molar-refractivity contribution in [2.75, 3.05) is 19.7 Å². The minimum absolute atomic E-state index is 0.0492. The zero-order valence-corrected chi connectivity index (χ0v) is 12.8. The molecule has 0 bridgehead atoms. The van der Waals surface area contributed by atoms with E-state index in [-0.39, 0.29) is 12.0 Å². The molecule has 4 nitrogen and oxygen atoms in total. The number of hydrogen-bond donors (Lipinski definition) is 0. The van der Waals surface area contributed by atoms with Crippen molar-refractivity contribution in [3.05, 3.63) is 52.0 Å². The van der Waals surface area contributed by atoms with Crippen LogP contribution in [0.25, 0.3) is 0 Å². The molecule has 1 aliphatic rings. The quantitative estimate of drug-likeness (QED) is 0.875. The number of thiophene rings is 1. The van der Waals surface area contributed by atoms with Gasteiger partial charge in [0.05, 0.1) is 19.6 Å². The highest BCUT2D eigenvalue weighted by Crippen LogP contribution is 2.23. The highest BCUT2D eigenvalue weighted by Gasteiger charge is 2.25. The first-order valence-corrected chi connectivity index (χ1v) is 7.99. The SMILES string of the molecule is Cc1cc([C@@H]2CN(C(=O)Cc3ccsc3)CCO2)ccn1. The van der Waals surface area contributed by atoms with E-state index in [1.807, 2.05) is 40.8 Å². The van der Waals surface area contributed by atoms with Crippen molar-refractivity contribution in [3.63, 3.8) is 0 Å². The minimum Gasteiger partial charge on any atom is -0.370 e. The molecule has 5 heteroatoms. The van der Waals surface area contributed by atoms with Crippen molar-refractivity contribution in [1.82, 2.24) is 9.88 Å². The first-order valence-electron chi connectivity index (χ1n) is 7.05. The lowest BCUT2D eigenvalue weighted by Crippen LogP contribution is -2.42. The third-order valence-corrected chi connectivity index (χ3v) is 4.38. The summed E-state index contributed by atoms with van der Waals surface area (Å²) in [4.78, 5) is 18.5.